The van der Waals surface area contributed by atoms with Crippen LogP contribution in [0.15, 0.2) is 5.11 Å². The zero-order valence-electron chi connectivity index (χ0n) is 9.91. The highest BCUT2D eigenvalue weighted by Gasteiger charge is 2.10. The number of carbonyl (C=O) groups is 2. The third-order valence-corrected chi connectivity index (χ3v) is 1.90. The highest BCUT2D eigenvalue weighted by Crippen LogP contribution is 1.91. The van der Waals surface area contributed by atoms with Gasteiger partial charge in [-0.15, -0.1) is 0 Å². The number of carboxylic acid groups (broad SMARTS) is 1. The van der Waals surface area contributed by atoms with Gasteiger partial charge in [-0.25, -0.2) is 0 Å². The first-order chi connectivity index (χ1) is 8.57. The summed E-state index contributed by atoms with van der Waals surface area (Å²) in [5.74, 6) is -1.29. The lowest BCUT2D eigenvalue weighted by molar-refractivity contribution is -0.140. The number of carbonyl (C=O) groups excluding carboxylic acids is 1. The van der Waals surface area contributed by atoms with Gasteiger partial charge >= 0.3 is 5.97 Å². The number of hydrogen-bond acceptors (Lipinski definition) is 5. The molecule has 0 heterocycles. The number of azide groups is 1. The fourth-order valence-corrected chi connectivity index (χ4v) is 0.995. The fourth-order valence-electron chi connectivity index (χ4n) is 0.995. The van der Waals surface area contributed by atoms with E-state index in [1.807, 2.05) is 0 Å². The van der Waals surface area contributed by atoms with E-state index < -0.39 is 12.0 Å². The van der Waals surface area contributed by atoms with E-state index in [1.54, 1.807) is 0 Å². The van der Waals surface area contributed by atoms with Gasteiger partial charge in [0, 0.05) is 31.0 Å². The second-order valence-electron chi connectivity index (χ2n) is 3.43. The maximum Gasteiger partial charge on any atom is 0.322 e. The summed E-state index contributed by atoms with van der Waals surface area (Å²) >= 11 is 0. The average molecular weight is 259 g/mol. The number of ether oxygens (including phenoxy) is 1. The number of nitrogens with two attached hydrogens (primary N) is 1. The van der Waals surface area contributed by atoms with Crippen LogP contribution >= 0.6 is 0 Å². The maximum atomic E-state index is 11.2. The molecule has 0 aromatic rings. The van der Waals surface area contributed by atoms with E-state index in [2.05, 4.69) is 15.3 Å². The number of nitrogens with zero attached hydrogens (tertiary/aromatic N) is 3. The molecule has 102 valence electrons. The van der Waals surface area contributed by atoms with Crippen molar-refractivity contribution in [2.75, 3.05) is 26.3 Å². The third kappa shape index (κ3) is 9.40. The van der Waals surface area contributed by atoms with Crippen molar-refractivity contribution >= 4 is 11.9 Å². The van der Waals surface area contributed by atoms with Gasteiger partial charge in [0.15, 0.2) is 0 Å². The van der Waals surface area contributed by atoms with E-state index in [0.717, 1.165) is 0 Å². The van der Waals surface area contributed by atoms with Crippen molar-refractivity contribution in [3.63, 3.8) is 0 Å². The predicted molar refractivity (Wildman–Crippen MR) is 62.7 cm³/mol. The van der Waals surface area contributed by atoms with Crippen molar-refractivity contribution in [2.24, 2.45) is 10.8 Å². The molecular formula is C9H17N5O4. The highest BCUT2D eigenvalue weighted by molar-refractivity contribution is 5.75. The van der Waals surface area contributed by atoms with E-state index in [1.165, 1.54) is 0 Å². The lowest BCUT2D eigenvalue weighted by Crippen LogP contribution is -2.35. The van der Waals surface area contributed by atoms with E-state index in [0.29, 0.717) is 13.0 Å². The van der Waals surface area contributed by atoms with Crippen LogP contribution in [0.3, 0.4) is 0 Å². The summed E-state index contributed by atoms with van der Waals surface area (Å²) in [7, 11) is 0. The first kappa shape index (κ1) is 16.2. The van der Waals surface area contributed by atoms with E-state index >= 15 is 0 Å². The summed E-state index contributed by atoms with van der Waals surface area (Å²) in [4.78, 5) is 24.1. The van der Waals surface area contributed by atoms with Crippen LogP contribution in [0.5, 0.6) is 0 Å². The van der Waals surface area contributed by atoms with Crippen LogP contribution in [0.2, 0.25) is 0 Å². The maximum absolute atomic E-state index is 11.2. The van der Waals surface area contributed by atoms with Crippen LogP contribution in [0.1, 0.15) is 12.8 Å². The van der Waals surface area contributed by atoms with Crippen molar-refractivity contribution < 1.29 is 19.4 Å². The van der Waals surface area contributed by atoms with Gasteiger partial charge in [0.25, 0.3) is 0 Å². The fraction of sp³-hybridized carbons (Fsp3) is 0.778. The van der Waals surface area contributed by atoms with Crippen LogP contribution in [-0.2, 0) is 14.3 Å². The Kier molecular flexibility index (Phi) is 9.28. The molecule has 1 atom stereocenters. The molecule has 9 nitrogen and oxygen atoms in total. The summed E-state index contributed by atoms with van der Waals surface area (Å²) in [6.45, 7) is 0.707. The number of hydrogen-bond donors (Lipinski definition) is 3. The van der Waals surface area contributed by atoms with Crippen molar-refractivity contribution in [3.8, 4) is 0 Å². The van der Waals surface area contributed by atoms with Crippen LogP contribution < -0.4 is 11.1 Å². The molecule has 0 aromatic carbocycles. The van der Waals surface area contributed by atoms with Gasteiger partial charge in [0.2, 0.25) is 5.91 Å². The van der Waals surface area contributed by atoms with Crippen LogP contribution in [-0.4, -0.2) is 49.3 Å². The van der Waals surface area contributed by atoms with E-state index in [9.17, 15) is 9.59 Å². The topological polar surface area (TPSA) is 150 Å². The second kappa shape index (κ2) is 10.3. The molecular weight excluding hydrogens is 242 g/mol. The molecule has 9 heteroatoms. The molecule has 0 aromatic heterocycles. The molecule has 18 heavy (non-hydrogen) atoms. The smallest absolute Gasteiger partial charge is 0.322 e. The molecule has 0 saturated heterocycles. The molecule has 1 amide bonds. The molecule has 0 radical (unpaired) electrons. The Morgan fingerprint density at radius 1 is 1.56 bits per heavy atom. The lowest BCUT2D eigenvalue weighted by Gasteiger charge is -2.07. The Bertz CT molecular complexity index is 316. The van der Waals surface area contributed by atoms with Crippen molar-refractivity contribution in [1.82, 2.24) is 5.32 Å². The molecule has 4 N–H and O–H groups in total. The number of nitrogens with one attached hydrogen (secondary N) is 1. The minimum Gasteiger partial charge on any atom is -0.480 e. The quantitative estimate of drug-likeness (QED) is 0.211. The molecule has 0 unspecified atom stereocenters. The van der Waals surface area contributed by atoms with Gasteiger partial charge in [0.1, 0.15) is 6.04 Å². The van der Waals surface area contributed by atoms with E-state index in [-0.39, 0.29) is 32.1 Å². The normalized spacial score (nSPS) is 11.4. The summed E-state index contributed by atoms with van der Waals surface area (Å²) in [6, 6.07) is -1.04. The van der Waals surface area contributed by atoms with Crippen molar-refractivity contribution in [1.29, 1.82) is 0 Å². The standard InChI is InChI=1S/C9H17N5O4/c10-7(9(16)17)6-18-5-1-2-8(15)12-3-4-13-14-11/h7H,1-6,10H2,(H,12,15)(H,16,17)/t7-/m0/s1. The molecule has 0 aliphatic rings. The van der Waals surface area contributed by atoms with Crippen molar-refractivity contribution in [2.45, 2.75) is 18.9 Å². The third-order valence-electron chi connectivity index (χ3n) is 1.90. The largest absolute Gasteiger partial charge is 0.480 e. The van der Waals surface area contributed by atoms with Gasteiger partial charge in [-0.3, -0.25) is 9.59 Å². The second-order valence-corrected chi connectivity index (χ2v) is 3.43. The van der Waals surface area contributed by atoms with Gasteiger partial charge in [-0.05, 0) is 12.0 Å². The first-order valence-electron chi connectivity index (χ1n) is 5.41. The SMILES string of the molecule is [N-]=[N+]=NCCNC(=O)CCCOC[C@H](N)C(=O)O. The Morgan fingerprint density at radius 3 is 2.89 bits per heavy atom. The molecule has 0 aliphatic heterocycles. The number of aliphatic carboxylic acids is 1. The van der Waals surface area contributed by atoms with E-state index in [4.69, 9.17) is 21.1 Å². The van der Waals surface area contributed by atoms with Crippen molar-refractivity contribution in [3.05, 3.63) is 10.4 Å². The monoisotopic (exact) mass is 259 g/mol. The Morgan fingerprint density at radius 2 is 2.28 bits per heavy atom. The zero-order chi connectivity index (χ0) is 13.8. The molecule has 0 fully saturated rings. The van der Waals surface area contributed by atoms with Crippen LogP contribution in [0.4, 0.5) is 0 Å². The Balaban J connectivity index is 3.40. The minimum atomic E-state index is -1.12. The lowest BCUT2D eigenvalue weighted by atomic mass is 10.3. The minimum absolute atomic E-state index is 0.0756. The summed E-state index contributed by atoms with van der Waals surface area (Å²) in [6.07, 6.45) is 0.734. The molecule has 0 aliphatic carbocycles. The summed E-state index contributed by atoms with van der Waals surface area (Å²) in [5.41, 5.74) is 13.2. The Hall–Kier alpha value is -1.83. The number of amides is 1. The van der Waals surface area contributed by atoms with Gasteiger partial charge in [0.05, 0.1) is 6.61 Å². The molecule has 0 bridgehead atoms. The first-order valence-corrected chi connectivity index (χ1v) is 5.41. The molecule has 0 rings (SSSR count). The Labute approximate surface area is 104 Å². The molecule has 0 spiro atoms. The zero-order valence-corrected chi connectivity index (χ0v) is 9.91. The van der Waals surface area contributed by atoms with Gasteiger partial charge < -0.3 is 20.9 Å². The average Bonchev–Trinajstić information content (AvgIpc) is 2.33. The number of rotatable bonds is 10. The van der Waals surface area contributed by atoms with Gasteiger partial charge in [-0.2, -0.15) is 0 Å². The van der Waals surface area contributed by atoms with Crippen LogP contribution in [0, 0.1) is 0 Å². The van der Waals surface area contributed by atoms with Crippen LogP contribution in [0.25, 0.3) is 10.4 Å². The predicted octanol–water partition coefficient (Wildman–Crippen LogP) is -0.378. The highest BCUT2D eigenvalue weighted by atomic mass is 16.5. The number of carboxylic acids is 1. The summed E-state index contributed by atoms with van der Waals surface area (Å²) in [5, 5.41) is 14.3. The molecule has 0 saturated carbocycles. The van der Waals surface area contributed by atoms with Gasteiger partial charge in [-0.1, -0.05) is 5.11 Å². The summed E-state index contributed by atoms with van der Waals surface area (Å²) < 4.78 is 5.00.